The van der Waals surface area contributed by atoms with Crippen LogP contribution in [0, 0.1) is 18.6 Å². The fourth-order valence-corrected chi connectivity index (χ4v) is 1.71. The first-order valence-corrected chi connectivity index (χ1v) is 5.87. The van der Waals surface area contributed by atoms with Gasteiger partial charge in [0, 0.05) is 6.07 Å². The first kappa shape index (κ1) is 12.8. The Morgan fingerprint density at radius 3 is 2.67 bits per heavy atom. The van der Waals surface area contributed by atoms with Crippen molar-refractivity contribution in [1.82, 2.24) is 5.32 Å². The van der Waals surface area contributed by atoms with Gasteiger partial charge in [-0.15, -0.1) is 0 Å². The summed E-state index contributed by atoms with van der Waals surface area (Å²) in [5, 5.41) is 3.12. The van der Waals surface area contributed by atoms with Gasteiger partial charge in [-0.3, -0.25) is 0 Å². The third-order valence-electron chi connectivity index (χ3n) is 2.72. The van der Waals surface area contributed by atoms with E-state index < -0.39 is 11.6 Å². The number of benzene rings is 1. The van der Waals surface area contributed by atoms with Crippen molar-refractivity contribution in [2.75, 3.05) is 6.54 Å². The van der Waals surface area contributed by atoms with Gasteiger partial charge in [0.1, 0.15) is 23.2 Å². The molecule has 2 nitrogen and oxygen atoms in total. The minimum absolute atomic E-state index is 0.289. The number of aryl methyl sites for hydroxylation is 1. The third-order valence-corrected chi connectivity index (χ3v) is 2.72. The average molecular weight is 251 g/mol. The fourth-order valence-electron chi connectivity index (χ4n) is 1.71. The minimum Gasteiger partial charge on any atom is -0.460 e. The van der Waals surface area contributed by atoms with Crippen molar-refractivity contribution >= 4 is 0 Å². The number of nitrogens with one attached hydrogen (secondary N) is 1. The van der Waals surface area contributed by atoms with E-state index in [0.29, 0.717) is 17.9 Å². The Bertz CT molecular complexity index is 549. The lowest BCUT2D eigenvalue weighted by atomic mass is 10.1. The van der Waals surface area contributed by atoms with Crippen molar-refractivity contribution in [3.63, 3.8) is 0 Å². The molecule has 0 aliphatic heterocycles. The number of rotatable bonds is 4. The summed E-state index contributed by atoms with van der Waals surface area (Å²) in [5.41, 5.74) is 0.688. The number of halogens is 2. The highest BCUT2D eigenvalue weighted by Gasteiger charge is 2.12. The van der Waals surface area contributed by atoms with E-state index in [9.17, 15) is 8.78 Å². The molecule has 96 valence electrons. The van der Waals surface area contributed by atoms with Gasteiger partial charge in [0.2, 0.25) is 0 Å². The normalized spacial score (nSPS) is 10.9. The largest absolute Gasteiger partial charge is 0.460 e. The molecule has 0 aliphatic carbocycles. The number of hydrogen-bond donors (Lipinski definition) is 1. The first-order chi connectivity index (χ1) is 8.61. The number of hydrogen-bond acceptors (Lipinski definition) is 2. The molecule has 1 N–H and O–H groups in total. The van der Waals surface area contributed by atoms with Gasteiger partial charge in [0.25, 0.3) is 0 Å². The van der Waals surface area contributed by atoms with Crippen LogP contribution in [-0.2, 0) is 6.54 Å². The topological polar surface area (TPSA) is 25.2 Å². The van der Waals surface area contributed by atoms with Gasteiger partial charge in [-0.1, -0.05) is 6.92 Å². The fraction of sp³-hybridized carbons (Fsp3) is 0.286. The van der Waals surface area contributed by atoms with Gasteiger partial charge in [-0.25, -0.2) is 8.78 Å². The molecule has 0 radical (unpaired) electrons. The summed E-state index contributed by atoms with van der Waals surface area (Å²) < 4.78 is 32.4. The lowest BCUT2D eigenvalue weighted by Crippen LogP contribution is -2.10. The highest BCUT2D eigenvalue weighted by Crippen LogP contribution is 2.27. The van der Waals surface area contributed by atoms with Crippen molar-refractivity contribution in [1.29, 1.82) is 0 Å². The van der Waals surface area contributed by atoms with Gasteiger partial charge in [-0.05, 0) is 37.2 Å². The van der Waals surface area contributed by atoms with Crippen molar-refractivity contribution in [2.24, 2.45) is 0 Å². The first-order valence-electron chi connectivity index (χ1n) is 5.87. The van der Waals surface area contributed by atoms with Crippen LogP contribution in [0.5, 0.6) is 0 Å². The van der Waals surface area contributed by atoms with Crippen LogP contribution in [0.3, 0.4) is 0 Å². The molecule has 2 aromatic rings. The van der Waals surface area contributed by atoms with E-state index in [4.69, 9.17) is 4.42 Å². The molecule has 0 aliphatic rings. The Morgan fingerprint density at radius 1 is 1.17 bits per heavy atom. The number of furan rings is 1. The maximum atomic E-state index is 13.7. The lowest BCUT2D eigenvalue weighted by molar-refractivity contribution is 0.494. The van der Waals surface area contributed by atoms with Gasteiger partial charge < -0.3 is 9.73 Å². The SMILES string of the molecule is CCNCc1ccc(-c2cc(C)c(F)cc2F)o1. The molecule has 1 aromatic heterocycles. The van der Waals surface area contributed by atoms with Crippen LogP contribution in [0.15, 0.2) is 28.7 Å². The molecule has 0 bridgehead atoms. The molecular weight excluding hydrogens is 236 g/mol. The monoisotopic (exact) mass is 251 g/mol. The molecule has 18 heavy (non-hydrogen) atoms. The molecule has 1 aromatic carbocycles. The Hall–Kier alpha value is -1.68. The van der Waals surface area contributed by atoms with E-state index in [1.165, 1.54) is 6.07 Å². The molecule has 4 heteroatoms. The summed E-state index contributed by atoms with van der Waals surface area (Å²) in [4.78, 5) is 0. The van der Waals surface area contributed by atoms with Crippen molar-refractivity contribution in [3.8, 4) is 11.3 Å². The summed E-state index contributed by atoms with van der Waals surface area (Å²) >= 11 is 0. The van der Waals surface area contributed by atoms with E-state index >= 15 is 0 Å². The van der Waals surface area contributed by atoms with Crippen LogP contribution in [-0.4, -0.2) is 6.54 Å². The zero-order chi connectivity index (χ0) is 13.1. The van der Waals surface area contributed by atoms with Crippen LogP contribution in [0.2, 0.25) is 0 Å². The van der Waals surface area contributed by atoms with Crippen LogP contribution in [0.4, 0.5) is 8.78 Å². The molecular formula is C14H15F2NO. The van der Waals surface area contributed by atoms with E-state index in [0.717, 1.165) is 18.4 Å². The molecule has 2 rings (SSSR count). The second kappa shape index (κ2) is 5.31. The van der Waals surface area contributed by atoms with Crippen LogP contribution in [0.1, 0.15) is 18.2 Å². The standard InChI is InChI=1S/C14H15F2NO/c1-3-17-8-10-4-5-14(18-10)11-6-9(2)12(15)7-13(11)16/h4-7,17H,3,8H2,1-2H3. The summed E-state index contributed by atoms with van der Waals surface area (Å²) in [7, 11) is 0. The molecule has 0 unspecified atom stereocenters. The maximum absolute atomic E-state index is 13.7. The lowest BCUT2D eigenvalue weighted by Gasteiger charge is -2.03. The molecule has 0 spiro atoms. The molecule has 1 heterocycles. The van der Waals surface area contributed by atoms with Crippen LogP contribution < -0.4 is 5.32 Å². The van der Waals surface area contributed by atoms with E-state index in [1.54, 1.807) is 19.1 Å². The smallest absolute Gasteiger partial charge is 0.137 e. The predicted octanol–water partition coefficient (Wildman–Crippen LogP) is 3.64. The van der Waals surface area contributed by atoms with E-state index in [-0.39, 0.29) is 5.56 Å². The molecule has 0 amide bonds. The second-order valence-electron chi connectivity index (χ2n) is 4.13. The predicted molar refractivity (Wildman–Crippen MR) is 66.2 cm³/mol. The van der Waals surface area contributed by atoms with Crippen molar-refractivity contribution < 1.29 is 13.2 Å². The highest BCUT2D eigenvalue weighted by molar-refractivity contribution is 5.59. The van der Waals surface area contributed by atoms with Gasteiger partial charge >= 0.3 is 0 Å². The maximum Gasteiger partial charge on any atom is 0.137 e. The molecule has 0 atom stereocenters. The average Bonchev–Trinajstić information content (AvgIpc) is 2.79. The highest BCUT2D eigenvalue weighted by atomic mass is 19.1. The van der Waals surface area contributed by atoms with Gasteiger partial charge in [0.05, 0.1) is 12.1 Å². The zero-order valence-electron chi connectivity index (χ0n) is 10.4. The Morgan fingerprint density at radius 2 is 1.94 bits per heavy atom. The van der Waals surface area contributed by atoms with Crippen molar-refractivity contribution in [3.05, 3.63) is 47.2 Å². The van der Waals surface area contributed by atoms with Gasteiger partial charge in [-0.2, -0.15) is 0 Å². The second-order valence-corrected chi connectivity index (χ2v) is 4.13. The Labute approximate surface area is 105 Å². The quantitative estimate of drug-likeness (QED) is 0.897. The van der Waals surface area contributed by atoms with Gasteiger partial charge in [0.15, 0.2) is 0 Å². The summed E-state index contributed by atoms with van der Waals surface area (Å²) in [6.07, 6.45) is 0. The Kier molecular flexibility index (Phi) is 3.77. The van der Waals surface area contributed by atoms with Crippen LogP contribution >= 0.6 is 0 Å². The minimum atomic E-state index is -0.609. The molecule has 0 saturated carbocycles. The summed E-state index contributed by atoms with van der Waals surface area (Å²) in [5.74, 6) is -0.00476. The van der Waals surface area contributed by atoms with Crippen LogP contribution in [0.25, 0.3) is 11.3 Å². The summed E-state index contributed by atoms with van der Waals surface area (Å²) in [6.45, 7) is 5.02. The van der Waals surface area contributed by atoms with E-state index in [2.05, 4.69) is 5.32 Å². The molecule has 0 saturated heterocycles. The van der Waals surface area contributed by atoms with E-state index in [1.807, 2.05) is 6.92 Å². The summed E-state index contributed by atoms with van der Waals surface area (Å²) in [6, 6.07) is 5.83. The van der Waals surface area contributed by atoms with Crippen molar-refractivity contribution in [2.45, 2.75) is 20.4 Å². The zero-order valence-corrected chi connectivity index (χ0v) is 10.4. The Balaban J connectivity index is 2.31. The third kappa shape index (κ3) is 2.59. The molecule has 0 fully saturated rings.